The third kappa shape index (κ3) is 3.23. The zero-order chi connectivity index (χ0) is 18.1. The molecule has 25 heavy (non-hydrogen) atoms. The van der Waals surface area contributed by atoms with Gasteiger partial charge >= 0.3 is 0 Å². The summed E-state index contributed by atoms with van der Waals surface area (Å²) in [6.45, 7) is 3.73. The number of carbonyl (C=O) groups excluding carboxylic acids is 2. The Morgan fingerprint density at radius 2 is 2.08 bits per heavy atom. The van der Waals surface area contributed by atoms with E-state index < -0.39 is 0 Å². The van der Waals surface area contributed by atoms with E-state index >= 15 is 0 Å². The lowest BCUT2D eigenvalue weighted by molar-refractivity contribution is -0.115. The number of amides is 2. The van der Waals surface area contributed by atoms with Crippen LogP contribution in [-0.4, -0.2) is 50.3 Å². The molecule has 2 aromatic heterocycles. The molecule has 0 aliphatic rings. The van der Waals surface area contributed by atoms with Crippen molar-refractivity contribution in [2.24, 2.45) is 0 Å². The number of nitrogens with one attached hydrogen (secondary N) is 2. The van der Waals surface area contributed by atoms with Crippen molar-refractivity contribution in [2.45, 2.75) is 20.3 Å². The van der Waals surface area contributed by atoms with Crippen LogP contribution in [0, 0.1) is 6.92 Å². The Balaban J connectivity index is 1.98. The fraction of sp³-hybridized carbons (Fsp3) is 0.294. The van der Waals surface area contributed by atoms with Crippen molar-refractivity contribution in [3.8, 4) is 5.69 Å². The van der Waals surface area contributed by atoms with Gasteiger partial charge in [-0.25, -0.2) is 9.97 Å². The predicted molar refractivity (Wildman–Crippen MR) is 94.9 cm³/mol. The fourth-order valence-electron chi connectivity index (χ4n) is 2.50. The molecule has 0 unspecified atom stereocenters. The molecule has 0 atom stereocenters. The highest BCUT2D eigenvalue weighted by molar-refractivity contribution is 5.92. The van der Waals surface area contributed by atoms with Crippen molar-refractivity contribution < 1.29 is 9.59 Å². The quantitative estimate of drug-likeness (QED) is 0.760. The van der Waals surface area contributed by atoms with Gasteiger partial charge < -0.3 is 14.5 Å². The number of H-pyrrole nitrogens is 1. The SMILES string of the molecule is CCC(=O)Nc1nc2c(C)cc(-n3cnc(C(=O)N(C)C)c3)cc2[nH]1. The first-order chi connectivity index (χ1) is 11.9. The van der Waals surface area contributed by atoms with Crippen LogP contribution in [0.4, 0.5) is 5.95 Å². The number of rotatable bonds is 4. The normalized spacial score (nSPS) is 10.9. The summed E-state index contributed by atoms with van der Waals surface area (Å²) in [7, 11) is 3.38. The molecule has 2 N–H and O–H groups in total. The first-order valence-corrected chi connectivity index (χ1v) is 7.95. The smallest absolute Gasteiger partial charge is 0.273 e. The maximum atomic E-state index is 12.0. The summed E-state index contributed by atoms with van der Waals surface area (Å²) >= 11 is 0. The number of hydrogen-bond donors (Lipinski definition) is 2. The molecular weight excluding hydrogens is 320 g/mol. The number of aryl methyl sites for hydroxylation is 1. The van der Waals surface area contributed by atoms with E-state index in [2.05, 4.69) is 20.3 Å². The van der Waals surface area contributed by atoms with Gasteiger partial charge in [0.2, 0.25) is 11.9 Å². The Morgan fingerprint density at radius 3 is 2.76 bits per heavy atom. The van der Waals surface area contributed by atoms with Gasteiger partial charge in [-0.05, 0) is 24.6 Å². The molecule has 8 nitrogen and oxygen atoms in total. The molecule has 0 saturated carbocycles. The van der Waals surface area contributed by atoms with Gasteiger partial charge in [0.05, 0.1) is 11.0 Å². The van der Waals surface area contributed by atoms with Crippen molar-refractivity contribution in [3.05, 3.63) is 35.9 Å². The maximum absolute atomic E-state index is 12.0. The molecule has 0 spiro atoms. The Hall–Kier alpha value is -3.16. The topological polar surface area (TPSA) is 95.9 Å². The monoisotopic (exact) mass is 340 g/mol. The van der Waals surface area contributed by atoms with Crippen molar-refractivity contribution >= 4 is 28.8 Å². The fourth-order valence-corrected chi connectivity index (χ4v) is 2.50. The van der Waals surface area contributed by atoms with Gasteiger partial charge in [0.25, 0.3) is 5.91 Å². The van der Waals surface area contributed by atoms with Gasteiger partial charge in [0.15, 0.2) is 0 Å². The largest absolute Gasteiger partial charge is 0.343 e. The third-order valence-electron chi connectivity index (χ3n) is 3.85. The molecule has 0 aliphatic heterocycles. The van der Waals surface area contributed by atoms with Crippen molar-refractivity contribution in [2.75, 3.05) is 19.4 Å². The van der Waals surface area contributed by atoms with E-state index in [1.54, 1.807) is 38.1 Å². The van der Waals surface area contributed by atoms with Crippen LogP contribution in [0.1, 0.15) is 29.4 Å². The van der Waals surface area contributed by atoms with Crippen LogP contribution in [0.5, 0.6) is 0 Å². The van der Waals surface area contributed by atoms with Gasteiger partial charge in [-0.15, -0.1) is 0 Å². The summed E-state index contributed by atoms with van der Waals surface area (Å²) in [5.41, 5.74) is 3.78. The molecular formula is C17H20N6O2. The average Bonchev–Trinajstić information content (AvgIpc) is 3.20. The molecule has 130 valence electrons. The van der Waals surface area contributed by atoms with Crippen LogP contribution in [0.25, 0.3) is 16.7 Å². The van der Waals surface area contributed by atoms with E-state index in [9.17, 15) is 9.59 Å². The standard InChI is InChI=1S/C17H20N6O2/c1-5-14(24)20-17-19-12-7-11(6-10(2)15(12)21-17)23-8-13(18-9-23)16(25)22(3)4/h6-9H,5H2,1-4H3,(H2,19,20,21,24). The first kappa shape index (κ1) is 16.7. The maximum Gasteiger partial charge on any atom is 0.273 e. The van der Waals surface area contributed by atoms with E-state index in [0.717, 1.165) is 22.3 Å². The lowest BCUT2D eigenvalue weighted by Gasteiger charge is -2.07. The van der Waals surface area contributed by atoms with Gasteiger partial charge in [-0.2, -0.15) is 0 Å². The number of anilines is 1. The molecule has 0 saturated heterocycles. The lowest BCUT2D eigenvalue weighted by Crippen LogP contribution is -2.21. The van der Waals surface area contributed by atoms with Crippen LogP contribution in [-0.2, 0) is 4.79 Å². The Bertz CT molecular complexity index is 953. The van der Waals surface area contributed by atoms with Crippen LogP contribution in [0.15, 0.2) is 24.7 Å². The van der Waals surface area contributed by atoms with Crippen LogP contribution >= 0.6 is 0 Å². The summed E-state index contributed by atoms with van der Waals surface area (Å²) in [5.74, 6) is 0.178. The zero-order valence-electron chi connectivity index (χ0n) is 14.6. The highest BCUT2D eigenvalue weighted by atomic mass is 16.2. The molecule has 3 aromatic rings. The molecule has 0 radical (unpaired) electrons. The van der Waals surface area contributed by atoms with Crippen molar-refractivity contribution in [3.63, 3.8) is 0 Å². The molecule has 8 heteroatoms. The molecule has 2 heterocycles. The van der Waals surface area contributed by atoms with Gasteiger partial charge in [0.1, 0.15) is 12.0 Å². The summed E-state index contributed by atoms with van der Waals surface area (Å²) in [5, 5.41) is 2.72. The van der Waals surface area contributed by atoms with Crippen molar-refractivity contribution in [1.29, 1.82) is 0 Å². The molecule has 3 rings (SSSR count). The predicted octanol–water partition coefficient (Wildman–Crippen LogP) is 2.11. The van der Waals surface area contributed by atoms with E-state index in [-0.39, 0.29) is 11.8 Å². The second-order valence-corrected chi connectivity index (χ2v) is 6.01. The van der Waals surface area contributed by atoms with E-state index in [0.29, 0.717) is 18.1 Å². The van der Waals surface area contributed by atoms with Crippen LogP contribution in [0.3, 0.4) is 0 Å². The number of benzene rings is 1. The minimum atomic E-state index is -0.150. The molecule has 2 amide bonds. The molecule has 0 bridgehead atoms. The number of aromatic amines is 1. The lowest BCUT2D eigenvalue weighted by atomic mass is 10.2. The molecule has 1 aromatic carbocycles. The Morgan fingerprint density at radius 1 is 1.32 bits per heavy atom. The number of fused-ring (bicyclic) bond motifs is 1. The van der Waals surface area contributed by atoms with Crippen LogP contribution < -0.4 is 5.32 Å². The summed E-state index contributed by atoms with van der Waals surface area (Å²) in [4.78, 5) is 36.7. The number of hydrogen-bond acceptors (Lipinski definition) is 4. The second kappa shape index (κ2) is 6.39. The number of carbonyl (C=O) groups is 2. The minimum Gasteiger partial charge on any atom is -0.343 e. The highest BCUT2D eigenvalue weighted by Crippen LogP contribution is 2.23. The number of aromatic nitrogens is 4. The van der Waals surface area contributed by atoms with Crippen LogP contribution in [0.2, 0.25) is 0 Å². The summed E-state index contributed by atoms with van der Waals surface area (Å²) < 4.78 is 1.79. The van der Waals surface area contributed by atoms with E-state index in [1.807, 2.05) is 19.1 Å². The molecule has 0 aliphatic carbocycles. The van der Waals surface area contributed by atoms with E-state index in [4.69, 9.17) is 0 Å². The first-order valence-electron chi connectivity index (χ1n) is 7.95. The summed E-state index contributed by atoms with van der Waals surface area (Å²) in [6.07, 6.45) is 3.69. The number of nitrogens with zero attached hydrogens (tertiary/aromatic N) is 4. The van der Waals surface area contributed by atoms with Gasteiger partial charge in [-0.1, -0.05) is 6.92 Å². The second-order valence-electron chi connectivity index (χ2n) is 6.01. The third-order valence-corrected chi connectivity index (χ3v) is 3.85. The minimum absolute atomic E-state index is 0.0987. The Labute approximate surface area is 144 Å². The number of imidazole rings is 2. The van der Waals surface area contributed by atoms with Gasteiger partial charge in [0, 0.05) is 32.4 Å². The molecule has 0 fully saturated rings. The Kier molecular flexibility index (Phi) is 4.26. The van der Waals surface area contributed by atoms with E-state index in [1.165, 1.54) is 4.90 Å². The van der Waals surface area contributed by atoms with Gasteiger partial charge in [-0.3, -0.25) is 14.9 Å². The zero-order valence-corrected chi connectivity index (χ0v) is 14.6. The van der Waals surface area contributed by atoms with Crippen molar-refractivity contribution in [1.82, 2.24) is 24.4 Å². The average molecular weight is 340 g/mol. The highest BCUT2D eigenvalue weighted by Gasteiger charge is 2.14. The summed E-state index contributed by atoms with van der Waals surface area (Å²) in [6, 6.07) is 3.86.